The summed E-state index contributed by atoms with van der Waals surface area (Å²) in [4.78, 5) is -0.0453. The second-order valence-corrected chi connectivity index (χ2v) is 10.1. The first-order valence-electron chi connectivity index (χ1n) is 11.4. The van der Waals surface area contributed by atoms with E-state index in [1.807, 2.05) is 60.0 Å². The summed E-state index contributed by atoms with van der Waals surface area (Å²) in [5.41, 5.74) is 6.29. The summed E-state index contributed by atoms with van der Waals surface area (Å²) >= 11 is 0. The van der Waals surface area contributed by atoms with Gasteiger partial charge in [0.05, 0.1) is 16.1 Å². The van der Waals surface area contributed by atoms with Crippen LogP contribution >= 0.6 is 0 Å². The van der Waals surface area contributed by atoms with Gasteiger partial charge in [0.25, 0.3) is 10.0 Å². The van der Waals surface area contributed by atoms with Gasteiger partial charge in [-0.25, -0.2) is 4.39 Å². The third kappa shape index (κ3) is 4.10. The Kier molecular flexibility index (Phi) is 5.92. The van der Waals surface area contributed by atoms with Crippen LogP contribution in [0.1, 0.15) is 48.1 Å². The summed E-state index contributed by atoms with van der Waals surface area (Å²) in [7, 11) is -4.08. The van der Waals surface area contributed by atoms with Crippen molar-refractivity contribution in [3.8, 4) is 0 Å². The fraction of sp³-hybridized carbons (Fsp3) is 0.179. The van der Waals surface area contributed by atoms with Gasteiger partial charge in [0.1, 0.15) is 11.5 Å². The lowest BCUT2D eigenvalue weighted by Crippen LogP contribution is -2.12. The number of hydrogen-bond acceptors (Lipinski definition) is 2. The van der Waals surface area contributed by atoms with E-state index in [2.05, 4.69) is 16.5 Å². The molecule has 0 saturated carbocycles. The van der Waals surface area contributed by atoms with Crippen molar-refractivity contribution in [2.45, 2.75) is 37.5 Å². The lowest BCUT2D eigenvalue weighted by atomic mass is 9.91. The van der Waals surface area contributed by atoms with Gasteiger partial charge in [0, 0.05) is 17.3 Å². The molecule has 2 aromatic carbocycles. The van der Waals surface area contributed by atoms with E-state index in [9.17, 15) is 12.8 Å². The predicted molar refractivity (Wildman–Crippen MR) is 134 cm³/mol. The number of fused-ring (bicyclic) bond motifs is 1. The average Bonchev–Trinajstić information content (AvgIpc) is 3.15. The van der Waals surface area contributed by atoms with Crippen LogP contribution in [-0.4, -0.2) is 18.5 Å². The van der Waals surface area contributed by atoms with E-state index in [4.69, 9.17) is 0 Å². The Morgan fingerprint density at radius 2 is 1.68 bits per heavy atom. The van der Waals surface area contributed by atoms with E-state index in [-0.39, 0.29) is 4.90 Å². The minimum Gasteiger partial charge on any atom is -0.314 e. The van der Waals surface area contributed by atoms with E-state index in [0.29, 0.717) is 11.3 Å². The molecule has 4 nitrogen and oxygen atoms in total. The molecule has 0 bridgehead atoms. The number of allylic oxidation sites excluding steroid dienone is 2. The zero-order chi connectivity index (χ0) is 23.7. The van der Waals surface area contributed by atoms with Gasteiger partial charge in [-0.15, -0.1) is 0 Å². The third-order valence-electron chi connectivity index (χ3n) is 6.29. The molecular weight excluding hydrogens is 447 g/mol. The van der Waals surface area contributed by atoms with E-state index < -0.39 is 15.8 Å². The van der Waals surface area contributed by atoms with Crippen molar-refractivity contribution in [2.24, 2.45) is 4.40 Å². The molecule has 0 unspecified atom stereocenters. The van der Waals surface area contributed by atoms with Gasteiger partial charge in [-0.1, -0.05) is 42.5 Å². The fourth-order valence-electron chi connectivity index (χ4n) is 4.70. The molecule has 0 spiro atoms. The highest BCUT2D eigenvalue weighted by Crippen LogP contribution is 2.36. The zero-order valence-corrected chi connectivity index (χ0v) is 19.7. The SMILES string of the molecule is Cc1c(C2=CCCCC2)c2ccccn2c1/C(=N\S(=O)(=O)c1ccc(F)cc1)c1ccccc1. The fourth-order valence-corrected chi connectivity index (χ4v) is 5.72. The monoisotopic (exact) mass is 472 g/mol. The Labute approximate surface area is 199 Å². The van der Waals surface area contributed by atoms with Crippen molar-refractivity contribution in [2.75, 3.05) is 0 Å². The number of nitrogens with zero attached hydrogens (tertiary/aromatic N) is 2. The first kappa shape index (κ1) is 22.3. The van der Waals surface area contributed by atoms with Crippen molar-refractivity contribution < 1.29 is 12.8 Å². The van der Waals surface area contributed by atoms with Crippen molar-refractivity contribution in [3.05, 3.63) is 113 Å². The number of benzene rings is 2. The third-order valence-corrected chi connectivity index (χ3v) is 7.58. The van der Waals surface area contributed by atoms with Crippen LogP contribution in [-0.2, 0) is 10.0 Å². The van der Waals surface area contributed by atoms with Gasteiger partial charge in [-0.2, -0.15) is 12.8 Å². The summed E-state index contributed by atoms with van der Waals surface area (Å²) < 4.78 is 46.5. The Morgan fingerprint density at radius 1 is 0.941 bits per heavy atom. The van der Waals surface area contributed by atoms with Crippen molar-refractivity contribution in [3.63, 3.8) is 0 Å². The van der Waals surface area contributed by atoms with Gasteiger partial charge in [0.2, 0.25) is 0 Å². The number of halogens is 1. The minimum atomic E-state index is -4.08. The predicted octanol–water partition coefficient (Wildman–Crippen LogP) is 6.57. The molecule has 0 fully saturated rings. The molecule has 2 heterocycles. The molecule has 0 saturated heterocycles. The molecule has 0 atom stereocenters. The molecule has 1 aliphatic rings. The summed E-state index contributed by atoms with van der Waals surface area (Å²) in [6.07, 6.45) is 8.63. The molecule has 0 radical (unpaired) electrons. The van der Waals surface area contributed by atoms with E-state index in [0.717, 1.165) is 53.7 Å². The van der Waals surface area contributed by atoms with Crippen LogP contribution in [0.15, 0.2) is 94.4 Å². The number of sulfonamides is 1. The van der Waals surface area contributed by atoms with Gasteiger partial charge < -0.3 is 4.40 Å². The summed E-state index contributed by atoms with van der Waals surface area (Å²) in [5, 5.41) is 0. The standard InChI is InChI=1S/C28H25FN2O2S/c1-20-26(21-10-4-2-5-11-21)25-14-8-9-19-31(25)28(20)27(22-12-6-3-7-13-22)30-34(32,33)24-17-15-23(29)16-18-24/h3,6-10,12-19H,2,4-5,11H2,1H3/b30-27-. The lowest BCUT2D eigenvalue weighted by molar-refractivity contribution is 0.596. The quantitative estimate of drug-likeness (QED) is 0.309. The van der Waals surface area contributed by atoms with Gasteiger partial charge in [-0.3, -0.25) is 0 Å². The normalized spacial score (nSPS) is 14.9. The highest BCUT2D eigenvalue weighted by Gasteiger charge is 2.25. The van der Waals surface area contributed by atoms with Crippen LogP contribution in [0.3, 0.4) is 0 Å². The molecular formula is C28H25FN2O2S. The maximum atomic E-state index is 13.4. The van der Waals surface area contributed by atoms with E-state index in [1.165, 1.54) is 24.1 Å². The molecule has 2 aromatic heterocycles. The Bertz CT molecular complexity index is 1520. The van der Waals surface area contributed by atoms with Crippen LogP contribution < -0.4 is 0 Å². The molecule has 5 rings (SSSR count). The molecule has 0 amide bonds. The topological polar surface area (TPSA) is 50.9 Å². The average molecular weight is 473 g/mol. The molecule has 0 N–H and O–H groups in total. The highest BCUT2D eigenvalue weighted by molar-refractivity contribution is 7.90. The smallest absolute Gasteiger partial charge is 0.282 e. The summed E-state index contributed by atoms with van der Waals surface area (Å²) in [6.45, 7) is 2.04. The molecule has 6 heteroatoms. The molecule has 0 aliphatic heterocycles. The first-order chi connectivity index (χ1) is 16.5. The molecule has 1 aliphatic carbocycles. The van der Waals surface area contributed by atoms with Gasteiger partial charge in [0.15, 0.2) is 0 Å². The Morgan fingerprint density at radius 3 is 2.38 bits per heavy atom. The second-order valence-electron chi connectivity index (χ2n) is 8.51. The maximum absolute atomic E-state index is 13.4. The van der Waals surface area contributed by atoms with Crippen LogP contribution in [0.5, 0.6) is 0 Å². The van der Waals surface area contributed by atoms with E-state index in [1.54, 1.807) is 0 Å². The zero-order valence-electron chi connectivity index (χ0n) is 18.9. The van der Waals surface area contributed by atoms with Crippen LogP contribution in [0.4, 0.5) is 4.39 Å². The number of hydrogen-bond donors (Lipinski definition) is 0. The van der Waals surface area contributed by atoms with Gasteiger partial charge in [-0.05, 0) is 80.1 Å². The van der Waals surface area contributed by atoms with Crippen LogP contribution in [0, 0.1) is 12.7 Å². The minimum absolute atomic E-state index is 0.0453. The molecule has 34 heavy (non-hydrogen) atoms. The Hall–Kier alpha value is -3.51. The van der Waals surface area contributed by atoms with Gasteiger partial charge >= 0.3 is 0 Å². The van der Waals surface area contributed by atoms with Crippen molar-refractivity contribution >= 4 is 26.8 Å². The van der Waals surface area contributed by atoms with Crippen LogP contribution in [0.2, 0.25) is 0 Å². The number of aromatic nitrogens is 1. The second kappa shape index (κ2) is 9.03. The molecule has 4 aromatic rings. The van der Waals surface area contributed by atoms with Crippen molar-refractivity contribution in [1.29, 1.82) is 0 Å². The lowest BCUT2D eigenvalue weighted by Gasteiger charge is -2.13. The largest absolute Gasteiger partial charge is 0.314 e. The maximum Gasteiger partial charge on any atom is 0.282 e. The highest BCUT2D eigenvalue weighted by atomic mass is 32.2. The van der Waals surface area contributed by atoms with E-state index >= 15 is 0 Å². The molecule has 172 valence electrons. The summed E-state index contributed by atoms with van der Waals surface area (Å²) in [6, 6.07) is 20.1. The van der Waals surface area contributed by atoms with Crippen molar-refractivity contribution in [1.82, 2.24) is 4.40 Å². The Balaban J connectivity index is 1.80. The van der Waals surface area contributed by atoms with Crippen LogP contribution in [0.25, 0.3) is 11.1 Å². The number of pyridine rings is 1. The number of rotatable bonds is 5. The summed E-state index contributed by atoms with van der Waals surface area (Å²) in [5.74, 6) is -0.495. The first-order valence-corrected chi connectivity index (χ1v) is 12.8.